The van der Waals surface area contributed by atoms with Gasteiger partial charge < -0.3 is 10.2 Å². The van der Waals surface area contributed by atoms with E-state index in [1.54, 1.807) is 17.9 Å². The Hall–Kier alpha value is -2.38. The minimum absolute atomic E-state index is 0.0166. The Kier molecular flexibility index (Phi) is 6.48. The van der Waals surface area contributed by atoms with Gasteiger partial charge in [0.2, 0.25) is 5.91 Å². The van der Waals surface area contributed by atoms with Crippen molar-refractivity contribution in [2.75, 3.05) is 13.1 Å². The Bertz CT molecular complexity index is 996. The second-order valence-corrected chi connectivity index (χ2v) is 10.7. The SMILES string of the molecule is CCN(Cc1ccc(Cl)s1)C(=O)CN1C(=O)N[C@@](C)(c2ccc(C(C)(C)C)cc2)C1=O. The average Bonchev–Trinajstić information content (AvgIpc) is 3.21. The molecule has 1 atom stereocenters. The zero-order valence-electron chi connectivity index (χ0n) is 18.5. The van der Waals surface area contributed by atoms with Gasteiger partial charge in [-0.05, 0) is 42.5 Å². The molecule has 166 valence electrons. The molecule has 0 unspecified atom stereocenters. The highest BCUT2D eigenvalue weighted by molar-refractivity contribution is 7.16. The van der Waals surface area contributed by atoms with E-state index >= 15 is 0 Å². The van der Waals surface area contributed by atoms with Crippen molar-refractivity contribution in [3.05, 3.63) is 56.7 Å². The second-order valence-electron chi connectivity index (χ2n) is 8.89. The van der Waals surface area contributed by atoms with E-state index in [0.29, 0.717) is 23.0 Å². The fraction of sp³-hybridized carbons (Fsp3) is 0.435. The summed E-state index contributed by atoms with van der Waals surface area (Å²) in [6, 6.07) is 10.8. The summed E-state index contributed by atoms with van der Waals surface area (Å²) in [5, 5.41) is 2.77. The summed E-state index contributed by atoms with van der Waals surface area (Å²) in [7, 11) is 0. The lowest BCUT2D eigenvalue weighted by atomic mass is 9.84. The lowest BCUT2D eigenvalue weighted by molar-refractivity contribution is -0.139. The number of amides is 4. The number of halogens is 1. The maximum atomic E-state index is 13.2. The van der Waals surface area contributed by atoms with Crippen molar-refractivity contribution in [1.82, 2.24) is 15.1 Å². The van der Waals surface area contributed by atoms with Crippen LogP contribution in [0.4, 0.5) is 4.79 Å². The Labute approximate surface area is 192 Å². The molecule has 3 rings (SSSR count). The topological polar surface area (TPSA) is 69.7 Å². The Morgan fingerprint density at radius 1 is 1.16 bits per heavy atom. The third-order valence-electron chi connectivity index (χ3n) is 5.61. The first-order chi connectivity index (χ1) is 14.5. The molecule has 1 fully saturated rings. The molecule has 2 heterocycles. The van der Waals surface area contributed by atoms with Crippen molar-refractivity contribution in [1.29, 1.82) is 0 Å². The van der Waals surface area contributed by atoms with Crippen LogP contribution in [0.1, 0.15) is 50.6 Å². The van der Waals surface area contributed by atoms with E-state index in [9.17, 15) is 14.4 Å². The predicted octanol–water partition coefficient (Wildman–Crippen LogP) is 4.51. The standard InChI is InChI=1S/C23H28ClN3O3S/c1-6-26(13-17-11-12-18(24)31-17)19(28)14-27-20(29)23(5,25-21(27)30)16-9-7-15(8-10-16)22(2,3)4/h7-12H,6,13-14H2,1-5H3,(H,25,30)/t23-/m0/s1. The van der Waals surface area contributed by atoms with Crippen LogP contribution in [-0.2, 0) is 27.1 Å². The number of nitrogens with zero attached hydrogens (tertiary/aromatic N) is 2. The minimum atomic E-state index is -1.20. The number of nitrogens with one attached hydrogen (secondary N) is 1. The predicted molar refractivity (Wildman–Crippen MR) is 123 cm³/mol. The maximum Gasteiger partial charge on any atom is 0.325 e. The number of hydrogen-bond acceptors (Lipinski definition) is 4. The Morgan fingerprint density at radius 3 is 2.32 bits per heavy atom. The average molecular weight is 462 g/mol. The number of likely N-dealkylation sites (N-methyl/N-ethyl adjacent to an activating group) is 1. The maximum absolute atomic E-state index is 13.2. The molecule has 1 N–H and O–H groups in total. The highest BCUT2D eigenvalue weighted by Gasteiger charge is 2.49. The van der Waals surface area contributed by atoms with Crippen molar-refractivity contribution in [3.63, 3.8) is 0 Å². The third kappa shape index (κ3) is 4.77. The summed E-state index contributed by atoms with van der Waals surface area (Å²) in [5.41, 5.74) is 0.605. The van der Waals surface area contributed by atoms with Crippen LogP contribution in [0.25, 0.3) is 0 Å². The number of hydrogen-bond donors (Lipinski definition) is 1. The zero-order chi connectivity index (χ0) is 23.0. The van der Waals surface area contributed by atoms with Crippen molar-refractivity contribution in [2.24, 2.45) is 0 Å². The Balaban J connectivity index is 1.75. The van der Waals surface area contributed by atoms with E-state index < -0.39 is 17.5 Å². The number of carbonyl (C=O) groups is 3. The van der Waals surface area contributed by atoms with Crippen molar-refractivity contribution < 1.29 is 14.4 Å². The van der Waals surface area contributed by atoms with Gasteiger partial charge in [-0.3, -0.25) is 14.5 Å². The van der Waals surface area contributed by atoms with Gasteiger partial charge in [-0.1, -0.05) is 56.6 Å². The van der Waals surface area contributed by atoms with Crippen molar-refractivity contribution >= 4 is 40.8 Å². The van der Waals surface area contributed by atoms with Crippen LogP contribution in [-0.4, -0.2) is 40.7 Å². The van der Waals surface area contributed by atoms with Crippen LogP contribution in [0.15, 0.2) is 36.4 Å². The molecule has 0 radical (unpaired) electrons. The number of imide groups is 1. The monoisotopic (exact) mass is 461 g/mol. The molecule has 1 aliphatic rings. The largest absolute Gasteiger partial charge is 0.336 e. The van der Waals surface area contributed by atoms with Crippen molar-refractivity contribution in [3.8, 4) is 0 Å². The number of carbonyl (C=O) groups excluding carboxylic acids is 3. The van der Waals surface area contributed by atoms with E-state index in [-0.39, 0.29) is 17.9 Å². The first-order valence-corrected chi connectivity index (χ1v) is 11.4. The van der Waals surface area contributed by atoms with Crippen LogP contribution in [0.2, 0.25) is 4.34 Å². The molecule has 4 amide bonds. The molecule has 6 nitrogen and oxygen atoms in total. The molecule has 0 saturated carbocycles. The van der Waals surface area contributed by atoms with E-state index in [0.717, 1.165) is 15.3 Å². The van der Waals surface area contributed by atoms with Crippen LogP contribution in [0, 0.1) is 0 Å². The number of urea groups is 1. The fourth-order valence-corrected chi connectivity index (χ4v) is 4.68. The van der Waals surface area contributed by atoms with Crippen molar-refractivity contribution in [2.45, 2.75) is 52.1 Å². The highest BCUT2D eigenvalue weighted by Crippen LogP contribution is 2.31. The molecule has 0 spiro atoms. The molecule has 1 aromatic heterocycles. The summed E-state index contributed by atoms with van der Waals surface area (Å²) >= 11 is 7.38. The lowest BCUT2D eigenvalue weighted by Crippen LogP contribution is -2.44. The molecule has 1 saturated heterocycles. The van der Waals surface area contributed by atoms with Gasteiger partial charge in [0.1, 0.15) is 12.1 Å². The molecular formula is C23H28ClN3O3S. The molecule has 0 bridgehead atoms. The molecule has 31 heavy (non-hydrogen) atoms. The molecular weight excluding hydrogens is 434 g/mol. The summed E-state index contributed by atoms with van der Waals surface area (Å²) in [4.78, 5) is 42.2. The summed E-state index contributed by atoms with van der Waals surface area (Å²) in [6.45, 7) is 10.4. The lowest BCUT2D eigenvalue weighted by Gasteiger charge is -2.25. The van der Waals surface area contributed by atoms with Gasteiger partial charge in [-0.2, -0.15) is 0 Å². The number of benzene rings is 1. The second kappa shape index (κ2) is 8.63. The summed E-state index contributed by atoms with van der Waals surface area (Å²) in [6.07, 6.45) is 0. The van der Waals surface area contributed by atoms with Crippen LogP contribution < -0.4 is 5.32 Å². The summed E-state index contributed by atoms with van der Waals surface area (Å²) in [5.74, 6) is -0.715. The van der Waals surface area contributed by atoms with Crippen LogP contribution >= 0.6 is 22.9 Å². The molecule has 8 heteroatoms. The number of rotatable bonds is 6. The quantitative estimate of drug-likeness (QED) is 0.643. The zero-order valence-corrected chi connectivity index (χ0v) is 20.1. The highest BCUT2D eigenvalue weighted by atomic mass is 35.5. The van der Waals surface area contributed by atoms with Crippen LogP contribution in [0.3, 0.4) is 0 Å². The van der Waals surface area contributed by atoms with E-state index in [2.05, 4.69) is 26.1 Å². The van der Waals surface area contributed by atoms with E-state index in [4.69, 9.17) is 11.6 Å². The molecule has 1 aromatic carbocycles. The molecule has 0 aliphatic carbocycles. The normalized spacial score (nSPS) is 19.0. The van der Waals surface area contributed by atoms with Crippen LogP contribution in [0.5, 0.6) is 0 Å². The minimum Gasteiger partial charge on any atom is -0.336 e. The van der Waals surface area contributed by atoms with Gasteiger partial charge in [0.25, 0.3) is 5.91 Å². The van der Waals surface area contributed by atoms with E-state index in [1.807, 2.05) is 37.3 Å². The van der Waals surface area contributed by atoms with Gasteiger partial charge in [-0.15, -0.1) is 11.3 Å². The van der Waals surface area contributed by atoms with Gasteiger partial charge in [0.05, 0.1) is 10.9 Å². The van der Waals surface area contributed by atoms with Gasteiger partial charge in [-0.25, -0.2) is 4.79 Å². The Morgan fingerprint density at radius 2 is 1.81 bits per heavy atom. The van der Waals surface area contributed by atoms with Gasteiger partial charge in [0, 0.05) is 11.4 Å². The molecule has 1 aliphatic heterocycles. The number of thiophene rings is 1. The first-order valence-electron chi connectivity index (χ1n) is 10.2. The van der Waals surface area contributed by atoms with E-state index in [1.165, 1.54) is 11.3 Å². The third-order valence-corrected chi connectivity index (χ3v) is 6.82. The van der Waals surface area contributed by atoms with Gasteiger partial charge in [0.15, 0.2) is 0 Å². The molecule has 2 aromatic rings. The first kappa shape index (κ1) is 23.3. The van der Waals surface area contributed by atoms with Gasteiger partial charge >= 0.3 is 6.03 Å². The fourth-order valence-electron chi connectivity index (χ4n) is 3.58. The smallest absolute Gasteiger partial charge is 0.325 e. The summed E-state index contributed by atoms with van der Waals surface area (Å²) < 4.78 is 0.654.